The van der Waals surface area contributed by atoms with Gasteiger partial charge >= 0.3 is 0 Å². The maximum Gasteiger partial charge on any atom is 0.224 e. The van der Waals surface area contributed by atoms with Gasteiger partial charge < -0.3 is 9.47 Å². The van der Waals surface area contributed by atoms with Gasteiger partial charge in [0.2, 0.25) is 5.28 Å². The largest absolute Gasteiger partial charge is 0.468 e. The molecule has 0 aliphatic heterocycles. The van der Waals surface area contributed by atoms with Gasteiger partial charge in [0.1, 0.15) is 27.9 Å². The monoisotopic (exact) mass is 449 g/mol. The van der Waals surface area contributed by atoms with Gasteiger partial charge in [-0.05, 0) is 52.6 Å². The van der Waals surface area contributed by atoms with E-state index in [-0.39, 0.29) is 39.6 Å². The summed E-state index contributed by atoms with van der Waals surface area (Å²) in [5, 5.41) is 1.24. The van der Waals surface area contributed by atoms with Crippen molar-refractivity contribution in [1.82, 2.24) is 15.0 Å². The number of pyridine rings is 1. The fourth-order valence-corrected chi connectivity index (χ4v) is 3.85. The van der Waals surface area contributed by atoms with E-state index < -0.39 is 5.82 Å². The topological polar surface area (TPSA) is 57.1 Å². The predicted octanol–water partition coefficient (Wildman–Crippen LogP) is 5.98. The van der Waals surface area contributed by atoms with Gasteiger partial charge in [-0.3, -0.25) is 4.98 Å². The fraction of sp³-hybridized carbons (Fsp3) is 0.190. The Balaban J connectivity index is 2.08. The predicted molar refractivity (Wildman–Crippen MR) is 112 cm³/mol. The van der Waals surface area contributed by atoms with E-state index in [9.17, 15) is 4.39 Å². The van der Waals surface area contributed by atoms with Crippen LogP contribution in [0, 0.1) is 11.6 Å². The molecular weight excluding hydrogens is 435 g/mol. The van der Waals surface area contributed by atoms with Gasteiger partial charge in [0.25, 0.3) is 0 Å². The zero-order chi connectivity index (χ0) is 21.4. The van der Waals surface area contributed by atoms with Gasteiger partial charge in [0, 0.05) is 18.9 Å². The van der Waals surface area contributed by atoms with Crippen molar-refractivity contribution in [3.05, 3.63) is 58.1 Å². The third-order valence-corrected chi connectivity index (χ3v) is 5.16. The maximum absolute atomic E-state index is 15.5. The second-order valence-corrected chi connectivity index (χ2v) is 7.16. The number of benzene rings is 2. The van der Waals surface area contributed by atoms with Crippen LogP contribution in [0.15, 0.2) is 30.5 Å². The molecule has 30 heavy (non-hydrogen) atoms. The smallest absolute Gasteiger partial charge is 0.224 e. The highest BCUT2D eigenvalue weighted by Crippen LogP contribution is 2.38. The Morgan fingerprint density at radius 1 is 1.10 bits per heavy atom. The number of fused-ring (bicyclic) bond motifs is 2. The zero-order valence-corrected chi connectivity index (χ0v) is 17.5. The van der Waals surface area contributed by atoms with Crippen LogP contribution >= 0.6 is 23.2 Å². The molecule has 0 aliphatic carbocycles. The number of hydrogen-bond donors (Lipinski definition) is 0. The molecule has 2 heterocycles. The molecule has 0 amide bonds. The summed E-state index contributed by atoms with van der Waals surface area (Å²) in [5.74, 6) is -0.699. The lowest BCUT2D eigenvalue weighted by Crippen LogP contribution is -2.02. The van der Waals surface area contributed by atoms with Crippen LogP contribution in [0.2, 0.25) is 10.4 Å². The summed E-state index contributed by atoms with van der Waals surface area (Å²) in [7, 11) is 1.49. The molecule has 0 N–H and O–H groups in total. The quantitative estimate of drug-likeness (QED) is 0.213. The molecule has 2 aromatic carbocycles. The van der Waals surface area contributed by atoms with E-state index in [1.54, 1.807) is 18.2 Å². The van der Waals surface area contributed by atoms with Gasteiger partial charge in [0.05, 0.1) is 5.39 Å². The molecule has 0 radical (unpaired) electrons. The van der Waals surface area contributed by atoms with Crippen molar-refractivity contribution in [2.24, 2.45) is 0 Å². The van der Waals surface area contributed by atoms with E-state index in [0.717, 1.165) is 0 Å². The number of aromatic nitrogens is 3. The molecule has 4 rings (SSSR count). The molecule has 154 valence electrons. The normalized spacial score (nSPS) is 11.4. The van der Waals surface area contributed by atoms with Gasteiger partial charge in [-0.15, -0.1) is 0 Å². The molecule has 0 atom stereocenters. The lowest BCUT2D eigenvalue weighted by molar-refractivity contribution is 0.0512. The Bertz CT molecular complexity index is 1280. The molecular formula is C21H15Cl2F2N3O2. The van der Waals surface area contributed by atoms with Crippen LogP contribution in [0.4, 0.5) is 8.78 Å². The molecule has 5 nitrogen and oxygen atoms in total. The standard InChI is InChI=1S/C21H15Cl2F2N3O2/c1-3-12-15(24)5-4-10-6-11(30-9-29-2)7-13(16(10)12)18-17(25)19-14(8-26-18)20(22)28-21(23)27-19/h4-8H,3,9H2,1-2H3. The first-order chi connectivity index (χ1) is 14.4. The average Bonchev–Trinajstić information content (AvgIpc) is 2.72. The van der Waals surface area contributed by atoms with Crippen LogP contribution in [0.25, 0.3) is 32.9 Å². The number of halogens is 4. The minimum atomic E-state index is -0.741. The summed E-state index contributed by atoms with van der Waals surface area (Å²) in [4.78, 5) is 12.0. The number of nitrogens with zero attached hydrogens (tertiary/aromatic N) is 3. The lowest BCUT2D eigenvalue weighted by Gasteiger charge is -2.15. The summed E-state index contributed by atoms with van der Waals surface area (Å²) in [6, 6.07) is 6.33. The maximum atomic E-state index is 15.5. The summed E-state index contributed by atoms with van der Waals surface area (Å²) in [6.45, 7) is 1.83. The van der Waals surface area contributed by atoms with Crippen molar-refractivity contribution in [3.8, 4) is 17.0 Å². The van der Waals surface area contributed by atoms with Gasteiger partial charge in [-0.25, -0.2) is 18.7 Å². The van der Waals surface area contributed by atoms with E-state index >= 15 is 4.39 Å². The molecule has 2 aromatic heterocycles. The fourth-order valence-electron chi connectivity index (χ4n) is 3.41. The van der Waals surface area contributed by atoms with Crippen molar-refractivity contribution >= 4 is 44.9 Å². The van der Waals surface area contributed by atoms with E-state index in [2.05, 4.69) is 15.0 Å². The van der Waals surface area contributed by atoms with Gasteiger partial charge in [-0.1, -0.05) is 24.6 Å². The second kappa shape index (κ2) is 8.26. The summed E-state index contributed by atoms with van der Waals surface area (Å²) in [5.41, 5.74) is 0.707. The van der Waals surface area contributed by atoms with Crippen molar-refractivity contribution in [2.45, 2.75) is 13.3 Å². The van der Waals surface area contributed by atoms with Crippen molar-refractivity contribution in [2.75, 3.05) is 13.9 Å². The SMILES string of the molecule is CCc1c(F)ccc2cc(OCOC)cc(-c3ncc4c(Cl)nc(Cl)nc4c3F)c12. The highest BCUT2D eigenvalue weighted by molar-refractivity contribution is 6.35. The Hall–Kier alpha value is -2.61. The zero-order valence-electron chi connectivity index (χ0n) is 16.0. The number of ether oxygens (including phenoxy) is 2. The van der Waals surface area contributed by atoms with Crippen molar-refractivity contribution < 1.29 is 18.3 Å². The molecule has 0 fully saturated rings. The van der Waals surface area contributed by atoms with Crippen LogP contribution < -0.4 is 4.74 Å². The molecule has 0 saturated heterocycles. The highest BCUT2D eigenvalue weighted by Gasteiger charge is 2.21. The first-order valence-electron chi connectivity index (χ1n) is 8.99. The van der Waals surface area contributed by atoms with Crippen LogP contribution in [0.5, 0.6) is 5.75 Å². The molecule has 0 bridgehead atoms. The van der Waals surface area contributed by atoms with Crippen LogP contribution in [0.1, 0.15) is 12.5 Å². The number of rotatable bonds is 5. The van der Waals surface area contributed by atoms with E-state index in [1.165, 1.54) is 19.4 Å². The lowest BCUT2D eigenvalue weighted by atomic mass is 9.94. The second-order valence-electron chi connectivity index (χ2n) is 6.47. The third kappa shape index (κ3) is 3.53. The molecule has 0 saturated carbocycles. The molecule has 0 unspecified atom stereocenters. The van der Waals surface area contributed by atoms with Crippen molar-refractivity contribution in [1.29, 1.82) is 0 Å². The molecule has 9 heteroatoms. The molecule has 0 spiro atoms. The van der Waals surface area contributed by atoms with E-state index in [4.69, 9.17) is 32.7 Å². The van der Waals surface area contributed by atoms with Crippen molar-refractivity contribution in [3.63, 3.8) is 0 Å². The third-order valence-electron chi connectivity index (χ3n) is 4.70. The Kier molecular flexibility index (Phi) is 5.69. The minimum Gasteiger partial charge on any atom is -0.468 e. The Morgan fingerprint density at radius 3 is 2.63 bits per heavy atom. The summed E-state index contributed by atoms with van der Waals surface area (Å²) in [6.07, 6.45) is 1.77. The first kappa shape index (κ1) is 20.7. The highest BCUT2D eigenvalue weighted by atomic mass is 35.5. The van der Waals surface area contributed by atoms with E-state index in [0.29, 0.717) is 34.1 Å². The minimum absolute atomic E-state index is 0.00114. The average molecular weight is 450 g/mol. The van der Waals surface area contributed by atoms with Crippen LogP contribution in [-0.4, -0.2) is 28.9 Å². The molecule has 4 aromatic rings. The van der Waals surface area contributed by atoms with Gasteiger partial charge in [-0.2, -0.15) is 0 Å². The summed E-state index contributed by atoms with van der Waals surface area (Å²) >= 11 is 11.9. The Morgan fingerprint density at radius 2 is 1.90 bits per heavy atom. The molecule has 0 aliphatic rings. The number of methoxy groups -OCH3 is 1. The number of aryl methyl sites for hydroxylation is 1. The van der Waals surface area contributed by atoms with Crippen LogP contribution in [0.3, 0.4) is 0 Å². The summed E-state index contributed by atoms with van der Waals surface area (Å²) < 4.78 is 40.6. The van der Waals surface area contributed by atoms with Gasteiger partial charge in [0.15, 0.2) is 12.6 Å². The number of hydrogen-bond acceptors (Lipinski definition) is 5. The van der Waals surface area contributed by atoms with Crippen LogP contribution in [-0.2, 0) is 11.2 Å². The van der Waals surface area contributed by atoms with E-state index in [1.807, 2.05) is 6.92 Å². The Labute approximate surface area is 180 Å². The first-order valence-corrected chi connectivity index (χ1v) is 9.74.